The van der Waals surface area contributed by atoms with Gasteiger partial charge in [-0.1, -0.05) is 85.8 Å². The molecule has 4 aromatic rings. The van der Waals surface area contributed by atoms with Crippen molar-refractivity contribution in [3.8, 4) is 5.19 Å². The highest BCUT2D eigenvalue weighted by atomic mass is 32.1. The van der Waals surface area contributed by atoms with Crippen LogP contribution >= 0.6 is 11.3 Å². The number of hydrogen-bond donors (Lipinski definition) is 4. The summed E-state index contributed by atoms with van der Waals surface area (Å²) in [5, 5.41) is 22.7. The molecule has 13 nitrogen and oxygen atoms in total. The van der Waals surface area contributed by atoms with E-state index in [1.165, 1.54) is 28.8 Å². The van der Waals surface area contributed by atoms with Crippen LogP contribution in [0.15, 0.2) is 83.1 Å². The third-order valence-electron chi connectivity index (χ3n) is 7.86. The van der Waals surface area contributed by atoms with Gasteiger partial charge in [-0.2, -0.15) is 0 Å². The van der Waals surface area contributed by atoms with Crippen LogP contribution in [-0.2, 0) is 35.5 Å². The molecule has 14 heteroatoms. The van der Waals surface area contributed by atoms with Crippen LogP contribution in [0.25, 0.3) is 0 Å². The fourth-order valence-corrected chi connectivity index (χ4v) is 6.00. The molecule has 0 unspecified atom stereocenters. The smallest absolute Gasteiger partial charge is 0.407 e. The fraction of sp³-hybridized carbons (Fsp3) is 0.417. The molecule has 0 aliphatic carbocycles. The van der Waals surface area contributed by atoms with Crippen molar-refractivity contribution in [1.82, 2.24) is 30.8 Å². The van der Waals surface area contributed by atoms with Crippen LogP contribution in [0.3, 0.4) is 0 Å². The topological polar surface area (TPSA) is 168 Å². The number of nitrogens with zero attached hydrogens (tertiary/aromatic N) is 3. The van der Waals surface area contributed by atoms with Crippen molar-refractivity contribution in [2.75, 3.05) is 13.7 Å². The van der Waals surface area contributed by atoms with Crippen LogP contribution in [-0.4, -0.2) is 75.9 Å². The Bertz CT molecular complexity index is 1600. The van der Waals surface area contributed by atoms with Crippen molar-refractivity contribution >= 4 is 29.4 Å². The Labute approximate surface area is 296 Å². The van der Waals surface area contributed by atoms with E-state index in [0.29, 0.717) is 36.1 Å². The van der Waals surface area contributed by atoms with E-state index in [0.717, 1.165) is 11.1 Å². The number of ether oxygens (including phenoxy) is 2. The highest BCUT2D eigenvalue weighted by Gasteiger charge is 2.31. The number of aliphatic hydroxyl groups excluding tert-OH is 1. The summed E-state index contributed by atoms with van der Waals surface area (Å²) >= 11 is 1.36. The summed E-state index contributed by atoms with van der Waals surface area (Å²) in [6.45, 7) is 6.19. The van der Waals surface area contributed by atoms with E-state index in [1.54, 1.807) is 7.05 Å². The van der Waals surface area contributed by atoms with Gasteiger partial charge in [-0.25, -0.2) is 19.6 Å². The zero-order valence-electron chi connectivity index (χ0n) is 28.8. The van der Waals surface area contributed by atoms with Gasteiger partial charge in [-0.15, -0.1) is 0 Å². The molecule has 0 bridgehead atoms. The Balaban J connectivity index is 1.46. The zero-order chi connectivity index (χ0) is 35.9. The lowest BCUT2D eigenvalue weighted by atomic mass is 9.93. The Morgan fingerprint density at radius 1 is 0.980 bits per heavy atom. The van der Waals surface area contributed by atoms with Gasteiger partial charge in [0.15, 0.2) is 18.8 Å². The number of aliphatic hydroxyl groups is 1. The van der Waals surface area contributed by atoms with Crippen molar-refractivity contribution in [2.45, 2.75) is 77.4 Å². The average Bonchev–Trinajstić information content (AvgIpc) is 3.79. The van der Waals surface area contributed by atoms with Crippen molar-refractivity contribution in [3.05, 3.63) is 101 Å². The number of hydrogen-bond acceptors (Lipinski definition) is 10. The molecule has 2 heterocycles. The number of benzene rings is 2. The Hall–Kier alpha value is -4.95. The van der Waals surface area contributed by atoms with Crippen LogP contribution < -0.4 is 20.7 Å². The molecule has 0 radical (unpaired) electrons. The predicted molar refractivity (Wildman–Crippen MR) is 188 cm³/mol. The van der Waals surface area contributed by atoms with Crippen molar-refractivity contribution in [2.24, 2.45) is 5.92 Å². The molecule has 2 aromatic heterocycles. The van der Waals surface area contributed by atoms with Crippen LogP contribution in [0.2, 0.25) is 0 Å². The minimum atomic E-state index is -1.08. The third-order valence-corrected chi connectivity index (χ3v) is 8.67. The minimum Gasteiger partial charge on any atom is -0.470 e. The maximum absolute atomic E-state index is 13.8. The molecule has 4 N–H and O–H groups in total. The standard InChI is InChI=1S/C36H46N6O7S/c1-5-47-36-39-28(22-50-36)20-42(4)34(45)41-32(24(2)3)33(44)38-27(16-25-12-8-6-9-13-25)18-31(43)30(17-26-14-10-7-11-15-26)40-35(46)48-21-29-19-37-23-49-29/h6-15,19,22-24,27,30-32,43H,5,16-18,20-21H2,1-4H3,(H,38,44)(H,40,46)(H,41,45)/t27-,30-,31-,32-/m0/s1. The van der Waals surface area contributed by atoms with Gasteiger partial charge in [0.1, 0.15) is 6.04 Å². The van der Waals surface area contributed by atoms with Gasteiger partial charge in [0, 0.05) is 18.5 Å². The monoisotopic (exact) mass is 706 g/mol. The van der Waals surface area contributed by atoms with Gasteiger partial charge in [-0.05, 0) is 43.2 Å². The minimum absolute atomic E-state index is 0.102. The SMILES string of the molecule is CCOc1nc(CN(C)C(=O)N[C@H](C(=O)N[C@@H](Cc2ccccc2)C[C@H](O)[C@H](Cc2ccccc2)NC(=O)OCc2cnco2)C(C)C)cs1. The number of urea groups is 1. The molecule has 0 saturated heterocycles. The van der Waals surface area contributed by atoms with Gasteiger partial charge < -0.3 is 39.8 Å². The van der Waals surface area contributed by atoms with E-state index in [9.17, 15) is 19.5 Å². The molecule has 4 atom stereocenters. The lowest BCUT2D eigenvalue weighted by Crippen LogP contribution is -2.55. The van der Waals surface area contributed by atoms with Crippen LogP contribution in [0.5, 0.6) is 5.19 Å². The third kappa shape index (κ3) is 12.2. The highest BCUT2D eigenvalue weighted by molar-refractivity contribution is 7.11. The number of amides is 4. The first-order valence-electron chi connectivity index (χ1n) is 16.6. The molecule has 4 amide bonds. The number of thiazole rings is 1. The Morgan fingerprint density at radius 3 is 2.28 bits per heavy atom. The average molecular weight is 707 g/mol. The largest absolute Gasteiger partial charge is 0.470 e. The number of alkyl carbamates (subject to hydrolysis) is 1. The lowest BCUT2D eigenvalue weighted by Gasteiger charge is -2.30. The van der Waals surface area contributed by atoms with Crippen molar-refractivity contribution < 1.29 is 33.4 Å². The van der Waals surface area contributed by atoms with Gasteiger partial charge in [0.25, 0.3) is 5.19 Å². The van der Waals surface area contributed by atoms with Gasteiger partial charge in [0.2, 0.25) is 5.91 Å². The van der Waals surface area contributed by atoms with E-state index in [-0.39, 0.29) is 31.4 Å². The van der Waals surface area contributed by atoms with Gasteiger partial charge >= 0.3 is 12.1 Å². The molecule has 268 valence electrons. The Morgan fingerprint density at radius 2 is 1.66 bits per heavy atom. The van der Waals surface area contributed by atoms with Crippen LogP contribution in [0.4, 0.5) is 9.59 Å². The molecular weight excluding hydrogens is 660 g/mol. The normalized spacial score (nSPS) is 13.5. The molecule has 4 rings (SSSR count). The van der Waals surface area contributed by atoms with Crippen molar-refractivity contribution in [1.29, 1.82) is 0 Å². The zero-order valence-corrected chi connectivity index (χ0v) is 29.6. The predicted octanol–water partition coefficient (Wildman–Crippen LogP) is 4.71. The molecule has 0 spiro atoms. The number of carbonyl (C=O) groups is 3. The summed E-state index contributed by atoms with van der Waals surface area (Å²) in [6.07, 6.45) is 1.70. The molecule has 0 saturated carbocycles. The number of oxazole rings is 1. The molecule has 0 fully saturated rings. The molecule has 2 aromatic carbocycles. The molecule has 0 aliphatic heterocycles. The summed E-state index contributed by atoms with van der Waals surface area (Å²) in [5.74, 6) is -0.255. The van der Waals surface area contributed by atoms with Gasteiger partial charge in [-0.3, -0.25) is 4.79 Å². The maximum atomic E-state index is 13.8. The fourth-order valence-electron chi connectivity index (χ4n) is 5.28. The van der Waals surface area contributed by atoms with Gasteiger partial charge in [0.05, 0.1) is 37.2 Å². The maximum Gasteiger partial charge on any atom is 0.407 e. The summed E-state index contributed by atoms with van der Waals surface area (Å²) in [4.78, 5) is 49.6. The Kier molecular flexibility index (Phi) is 14.6. The number of nitrogens with one attached hydrogen (secondary N) is 3. The van der Waals surface area contributed by atoms with Crippen LogP contribution in [0.1, 0.15) is 49.8 Å². The first kappa shape index (κ1) is 37.9. The van der Waals surface area contributed by atoms with E-state index < -0.39 is 36.4 Å². The van der Waals surface area contributed by atoms with Crippen LogP contribution in [0, 0.1) is 5.92 Å². The number of aromatic nitrogens is 2. The van der Waals surface area contributed by atoms with Crippen molar-refractivity contribution in [3.63, 3.8) is 0 Å². The van der Waals surface area contributed by atoms with E-state index in [4.69, 9.17) is 13.9 Å². The second kappa shape index (κ2) is 19.3. The molecule has 50 heavy (non-hydrogen) atoms. The van der Waals surface area contributed by atoms with E-state index in [2.05, 4.69) is 25.9 Å². The van der Waals surface area contributed by atoms with E-state index >= 15 is 0 Å². The summed E-state index contributed by atoms with van der Waals surface area (Å²) < 4.78 is 15.9. The quantitative estimate of drug-likeness (QED) is 0.115. The summed E-state index contributed by atoms with van der Waals surface area (Å²) in [6, 6.07) is 16.5. The highest BCUT2D eigenvalue weighted by Crippen LogP contribution is 2.19. The molecular formula is C36H46N6O7S. The lowest BCUT2D eigenvalue weighted by molar-refractivity contribution is -0.124. The molecule has 0 aliphatic rings. The summed E-state index contributed by atoms with van der Waals surface area (Å²) in [7, 11) is 1.63. The number of carbonyl (C=O) groups excluding carboxylic acids is 3. The number of rotatable bonds is 18. The summed E-state index contributed by atoms with van der Waals surface area (Å²) in [5.41, 5.74) is 2.52. The second-order valence-corrected chi connectivity index (χ2v) is 13.1. The first-order valence-corrected chi connectivity index (χ1v) is 17.4. The second-order valence-electron chi connectivity index (χ2n) is 12.2. The first-order chi connectivity index (χ1) is 24.1. The van der Waals surface area contributed by atoms with E-state index in [1.807, 2.05) is 86.8 Å².